The number of benzene rings is 1. The van der Waals surface area contributed by atoms with Crippen molar-refractivity contribution < 1.29 is 22.7 Å². The number of rotatable bonds is 5. The van der Waals surface area contributed by atoms with E-state index >= 15 is 0 Å². The number of para-hydroxylation sites is 1. The summed E-state index contributed by atoms with van der Waals surface area (Å²) < 4.78 is 40.6. The van der Waals surface area contributed by atoms with Crippen LogP contribution in [0.2, 0.25) is 5.02 Å². The highest BCUT2D eigenvalue weighted by Crippen LogP contribution is 2.31. The summed E-state index contributed by atoms with van der Waals surface area (Å²) in [5.74, 6) is -0.139. The molecule has 0 fully saturated rings. The minimum absolute atomic E-state index is 0.118. The quantitative estimate of drug-likeness (QED) is 0.608. The lowest BCUT2D eigenvalue weighted by Crippen LogP contribution is -2.08. The van der Waals surface area contributed by atoms with Crippen LogP contribution in [0.1, 0.15) is 10.4 Å². The Labute approximate surface area is 105 Å². The van der Waals surface area contributed by atoms with Crippen molar-refractivity contribution in [3.63, 3.8) is 0 Å². The van der Waals surface area contributed by atoms with E-state index in [0.717, 1.165) is 0 Å². The molecule has 0 aromatic heterocycles. The van der Waals surface area contributed by atoms with Gasteiger partial charge in [0.15, 0.2) is 6.29 Å². The van der Waals surface area contributed by atoms with Gasteiger partial charge < -0.3 is 4.74 Å². The van der Waals surface area contributed by atoms with Crippen molar-refractivity contribution in [2.75, 3.05) is 12.4 Å². The predicted octanol–water partition coefficient (Wildman–Crippen LogP) is 3.78. The molecule has 1 rings (SSSR count). The molecule has 0 aliphatic heterocycles. The maximum absolute atomic E-state index is 11.8. The Morgan fingerprint density at radius 3 is 2.71 bits per heavy atom. The normalized spacial score (nSPS) is 11.3. The van der Waals surface area contributed by atoms with Gasteiger partial charge in [0.2, 0.25) is 0 Å². The minimum Gasteiger partial charge on any atom is -0.490 e. The van der Waals surface area contributed by atoms with Gasteiger partial charge in [-0.1, -0.05) is 17.7 Å². The van der Waals surface area contributed by atoms with Crippen LogP contribution >= 0.6 is 23.4 Å². The number of hydrogen-bond donors (Lipinski definition) is 0. The third-order valence-electron chi connectivity index (χ3n) is 1.72. The second kappa shape index (κ2) is 6.16. The first-order chi connectivity index (χ1) is 7.94. The van der Waals surface area contributed by atoms with Gasteiger partial charge in [-0.15, -0.1) is 0 Å². The number of alkyl halides is 3. The number of thioether (sulfide) groups is 1. The molecule has 94 valence electrons. The first kappa shape index (κ1) is 14.2. The van der Waals surface area contributed by atoms with Gasteiger partial charge in [0.1, 0.15) is 5.75 Å². The van der Waals surface area contributed by atoms with Crippen molar-refractivity contribution in [1.29, 1.82) is 0 Å². The number of ether oxygens (including phenoxy) is 1. The van der Waals surface area contributed by atoms with Crippen LogP contribution in [-0.2, 0) is 0 Å². The van der Waals surface area contributed by atoms with Crippen molar-refractivity contribution in [1.82, 2.24) is 0 Å². The lowest BCUT2D eigenvalue weighted by atomic mass is 10.2. The van der Waals surface area contributed by atoms with Crippen LogP contribution in [0.5, 0.6) is 5.75 Å². The smallest absolute Gasteiger partial charge is 0.441 e. The van der Waals surface area contributed by atoms with Gasteiger partial charge >= 0.3 is 5.51 Å². The van der Waals surface area contributed by atoms with E-state index in [1.807, 2.05) is 0 Å². The van der Waals surface area contributed by atoms with Crippen LogP contribution < -0.4 is 4.74 Å². The molecule has 0 saturated heterocycles. The highest BCUT2D eigenvalue weighted by atomic mass is 35.5. The fourth-order valence-corrected chi connectivity index (χ4v) is 1.71. The third-order valence-corrected chi connectivity index (χ3v) is 2.72. The number of halogens is 4. The summed E-state index contributed by atoms with van der Waals surface area (Å²) >= 11 is 5.58. The molecule has 0 N–H and O–H groups in total. The average Bonchev–Trinajstić information content (AvgIpc) is 2.24. The van der Waals surface area contributed by atoms with Gasteiger partial charge in [-0.05, 0) is 23.9 Å². The molecule has 0 saturated carbocycles. The summed E-state index contributed by atoms with van der Waals surface area (Å²) in [6.45, 7) is -0.172. The van der Waals surface area contributed by atoms with Crippen molar-refractivity contribution in [3.05, 3.63) is 28.8 Å². The fourth-order valence-electron chi connectivity index (χ4n) is 1.07. The van der Waals surface area contributed by atoms with Crippen LogP contribution in [0, 0.1) is 0 Å². The summed E-state index contributed by atoms with van der Waals surface area (Å²) in [4.78, 5) is 10.6. The van der Waals surface area contributed by atoms with Crippen molar-refractivity contribution in [3.8, 4) is 5.75 Å². The first-order valence-electron chi connectivity index (χ1n) is 4.51. The molecule has 0 bridgehead atoms. The topological polar surface area (TPSA) is 26.3 Å². The fraction of sp³-hybridized carbons (Fsp3) is 0.300. The largest absolute Gasteiger partial charge is 0.490 e. The molecule has 7 heteroatoms. The number of hydrogen-bond acceptors (Lipinski definition) is 3. The zero-order valence-electron chi connectivity index (χ0n) is 8.46. The highest BCUT2D eigenvalue weighted by molar-refractivity contribution is 8.00. The lowest BCUT2D eigenvalue weighted by Gasteiger charge is -2.10. The molecule has 0 spiro atoms. The van der Waals surface area contributed by atoms with Crippen LogP contribution in [0.3, 0.4) is 0 Å². The molecular formula is C10H8ClF3O2S. The molecule has 0 unspecified atom stereocenters. The van der Waals surface area contributed by atoms with E-state index in [4.69, 9.17) is 16.3 Å². The number of carbonyl (C=O) groups is 1. The van der Waals surface area contributed by atoms with Crippen molar-refractivity contribution in [2.45, 2.75) is 5.51 Å². The molecule has 0 radical (unpaired) electrons. The van der Waals surface area contributed by atoms with Crippen LogP contribution in [-0.4, -0.2) is 24.2 Å². The van der Waals surface area contributed by atoms with E-state index in [9.17, 15) is 18.0 Å². The molecule has 1 aromatic rings. The Morgan fingerprint density at radius 1 is 1.41 bits per heavy atom. The maximum Gasteiger partial charge on any atom is 0.441 e. The van der Waals surface area contributed by atoms with Gasteiger partial charge in [-0.25, -0.2) is 0 Å². The van der Waals surface area contributed by atoms with Crippen LogP contribution in [0.4, 0.5) is 13.2 Å². The van der Waals surface area contributed by atoms with Crippen LogP contribution in [0.25, 0.3) is 0 Å². The first-order valence-corrected chi connectivity index (χ1v) is 5.87. The van der Waals surface area contributed by atoms with Gasteiger partial charge in [-0.3, -0.25) is 4.79 Å². The summed E-state index contributed by atoms with van der Waals surface area (Å²) in [6.07, 6.45) is 0.540. The van der Waals surface area contributed by atoms with Gasteiger partial charge in [0, 0.05) is 5.75 Å². The standard InChI is InChI=1S/C10H8ClF3O2S/c11-8-3-1-2-7(6-15)9(8)16-4-5-17-10(12,13)14/h1-3,6H,4-5H2. The monoisotopic (exact) mass is 284 g/mol. The minimum atomic E-state index is -4.28. The van der Waals surface area contributed by atoms with Crippen molar-refractivity contribution in [2.24, 2.45) is 0 Å². The van der Waals surface area contributed by atoms with E-state index in [0.29, 0.717) is 6.29 Å². The summed E-state index contributed by atoms with van der Waals surface area (Å²) in [6, 6.07) is 4.54. The van der Waals surface area contributed by atoms with Gasteiger partial charge in [0.25, 0.3) is 0 Å². The molecule has 1 aromatic carbocycles. The molecule has 17 heavy (non-hydrogen) atoms. The summed E-state index contributed by atoms with van der Waals surface area (Å²) in [5, 5.41) is 0.201. The predicted molar refractivity (Wildman–Crippen MR) is 60.8 cm³/mol. The van der Waals surface area contributed by atoms with E-state index in [-0.39, 0.29) is 40.5 Å². The Balaban J connectivity index is 2.54. The second-order valence-corrected chi connectivity index (χ2v) is 4.49. The molecule has 0 atom stereocenters. The Morgan fingerprint density at radius 2 is 2.12 bits per heavy atom. The van der Waals surface area contributed by atoms with Gasteiger partial charge in [-0.2, -0.15) is 13.2 Å². The molecule has 0 aliphatic rings. The Kier molecular flexibility index (Phi) is 5.14. The zero-order chi connectivity index (χ0) is 12.9. The zero-order valence-corrected chi connectivity index (χ0v) is 10.0. The molecule has 0 heterocycles. The summed E-state index contributed by atoms with van der Waals surface area (Å²) in [7, 11) is 0. The molecule has 2 nitrogen and oxygen atoms in total. The van der Waals surface area contributed by atoms with E-state index in [1.54, 1.807) is 6.07 Å². The van der Waals surface area contributed by atoms with E-state index in [1.165, 1.54) is 12.1 Å². The van der Waals surface area contributed by atoms with E-state index in [2.05, 4.69) is 0 Å². The van der Waals surface area contributed by atoms with Gasteiger partial charge in [0.05, 0.1) is 17.2 Å². The SMILES string of the molecule is O=Cc1cccc(Cl)c1OCCSC(F)(F)F. The number of carbonyl (C=O) groups excluding carboxylic acids is 1. The molecule has 0 amide bonds. The van der Waals surface area contributed by atoms with Crippen molar-refractivity contribution >= 4 is 29.6 Å². The molecular weight excluding hydrogens is 277 g/mol. The Bertz CT molecular complexity index is 396. The summed E-state index contributed by atoms with van der Waals surface area (Å²) in [5.41, 5.74) is -4.06. The average molecular weight is 285 g/mol. The third kappa shape index (κ3) is 4.87. The van der Waals surface area contributed by atoms with Crippen LogP contribution in [0.15, 0.2) is 18.2 Å². The number of aldehydes is 1. The molecule has 0 aliphatic carbocycles. The second-order valence-electron chi connectivity index (χ2n) is 2.92. The lowest BCUT2D eigenvalue weighted by molar-refractivity contribution is -0.0329. The Hall–Kier alpha value is -0.880. The van der Waals surface area contributed by atoms with E-state index < -0.39 is 5.51 Å². The maximum atomic E-state index is 11.8. The highest BCUT2D eigenvalue weighted by Gasteiger charge is 2.27.